The summed E-state index contributed by atoms with van der Waals surface area (Å²) in [5.74, 6) is 0.151. The van der Waals surface area contributed by atoms with Gasteiger partial charge in [-0.15, -0.1) is 0 Å². The van der Waals surface area contributed by atoms with Crippen LogP contribution in [0.5, 0.6) is 0 Å². The van der Waals surface area contributed by atoms with Crippen molar-refractivity contribution in [2.24, 2.45) is 7.05 Å². The molecule has 1 aromatic rings. The van der Waals surface area contributed by atoms with Crippen LogP contribution < -0.4 is 5.32 Å². The van der Waals surface area contributed by atoms with Crippen LogP contribution >= 0.6 is 0 Å². The molecule has 1 aromatic heterocycles. The molecule has 1 unspecified atom stereocenters. The molecular weight excluding hydrogens is 214 g/mol. The summed E-state index contributed by atoms with van der Waals surface area (Å²) in [4.78, 5) is 0. The number of likely N-dealkylation sites (N-methyl/N-ethyl adjacent to an activating group) is 1. The van der Waals surface area contributed by atoms with E-state index in [1.807, 2.05) is 13.2 Å². The fraction of sp³-hybridized carbons (Fsp3) is 0.667. The Labute approximate surface area is 90.4 Å². The molecule has 0 spiro atoms. The van der Waals surface area contributed by atoms with Crippen molar-refractivity contribution in [1.29, 1.82) is 0 Å². The highest BCUT2D eigenvalue weighted by Crippen LogP contribution is 2.03. The van der Waals surface area contributed by atoms with Crippen LogP contribution in [0.4, 0.5) is 0 Å². The first-order chi connectivity index (χ1) is 6.90. The molecule has 0 aliphatic heterocycles. The van der Waals surface area contributed by atoms with Gasteiger partial charge in [-0.05, 0) is 19.0 Å². The number of aromatic nitrogens is 2. The molecule has 0 aliphatic rings. The molecular formula is C9H17N3O2S. The third-order valence-corrected chi connectivity index (χ3v) is 3.16. The van der Waals surface area contributed by atoms with Crippen LogP contribution in [0, 0.1) is 0 Å². The lowest BCUT2D eigenvalue weighted by atomic mass is 10.1. The van der Waals surface area contributed by atoms with Crippen molar-refractivity contribution in [3.8, 4) is 0 Å². The van der Waals surface area contributed by atoms with Gasteiger partial charge in [0.15, 0.2) is 0 Å². The standard InChI is InChI=1S/C9H17N3O2S/c1-10-9(7-15(3,13)14)4-8-5-11-12(2)6-8/h5-6,9-10H,4,7H2,1-3H3. The van der Waals surface area contributed by atoms with Crippen molar-refractivity contribution >= 4 is 9.84 Å². The normalized spacial score (nSPS) is 14.1. The van der Waals surface area contributed by atoms with Gasteiger partial charge in [0.05, 0.1) is 11.9 Å². The van der Waals surface area contributed by atoms with E-state index < -0.39 is 9.84 Å². The van der Waals surface area contributed by atoms with Gasteiger partial charge in [-0.3, -0.25) is 4.68 Å². The van der Waals surface area contributed by atoms with E-state index in [0.717, 1.165) is 5.56 Å². The third-order valence-electron chi connectivity index (χ3n) is 2.15. The van der Waals surface area contributed by atoms with Crippen molar-refractivity contribution in [3.63, 3.8) is 0 Å². The highest BCUT2D eigenvalue weighted by atomic mass is 32.2. The lowest BCUT2D eigenvalue weighted by molar-refractivity contribution is 0.567. The fourth-order valence-electron chi connectivity index (χ4n) is 1.47. The van der Waals surface area contributed by atoms with Crippen molar-refractivity contribution in [3.05, 3.63) is 18.0 Å². The lowest BCUT2D eigenvalue weighted by Gasteiger charge is -2.13. The van der Waals surface area contributed by atoms with Gasteiger partial charge in [0, 0.05) is 25.5 Å². The predicted molar refractivity (Wildman–Crippen MR) is 59.5 cm³/mol. The number of rotatable bonds is 5. The largest absolute Gasteiger partial charge is 0.316 e. The van der Waals surface area contributed by atoms with Crippen LogP contribution in [0.15, 0.2) is 12.4 Å². The SMILES string of the molecule is CNC(Cc1cnn(C)c1)CS(C)(=O)=O. The predicted octanol–water partition coefficient (Wildman–Crippen LogP) is -0.405. The lowest BCUT2D eigenvalue weighted by Crippen LogP contribution is -2.34. The first-order valence-corrected chi connectivity index (χ1v) is 6.79. The number of hydrogen-bond donors (Lipinski definition) is 1. The van der Waals surface area contributed by atoms with E-state index in [1.54, 1.807) is 17.9 Å². The third kappa shape index (κ3) is 4.44. The maximum Gasteiger partial charge on any atom is 0.148 e. The van der Waals surface area contributed by atoms with E-state index in [0.29, 0.717) is 6.42 Å². The quantitative estimate of drug-likeness (QED) is 0.748. The zero-order valence-corrected chi connectivity index (χ0v) is 10.1. The van der Waals surface area contributed by atoms with Crippen LogP contribution in [0.1, 0.15) is 5.56 Å². The van der Waals surface area contributed by atoms with Crippen molar-refractivity contribution in [1.82, 2.24) is 15.1 Å². The van der Waals surface area contributed by atoms with Crippen LogP contribution in [-0.2, 0) is 23.3 Å². The smallest absolute Gasteiger partial charge is 0.148 e. The number of nitrogens with one attached hydrogen (secondary N) is 1. The number of aryl methyl sites for hydroxylation is 1. The van der Waals surface area contributed by atoms with Crippen LogP contribution in [0.25, 0.3) is 0 Å². The second-order valence-electron chi connectivity index (χ2n) is 3.80. The molecule has 6 heteroatoms. The maximum atomic E-state index is 11.1. The van der Waals surface area contributed by atoms with Crippen molar-refractivity contribution < 1.29 is 8.42 Å². The molecule has 0 saturated carbocycles. The monoisotopic (exact) mass is 231 g/mol. The highest BCUT2D eigenvalue weighted by molar-refractivity contribution is 7.90. The van der Waals surface area contributed by atoms with Gasteiger partial charge in [-0.2, -0.15) is 5.10 Å². The second-order valence-corrected chi connectivity index (χ2v) is 5.99. The van der Waals surface area contributed by atoms with Gasteiger partial charge in [0.25, 0.3) is 0 Å². The summed E-state index contributed by atoms with van der Waals surface area (Å²) in [6, 6.07) is -0.0517. The minimum Gasteiger partial charge on any atom is -0.316 e. The summed E-state index contributed by atoms with van der Waals surface area (Å²) in [7, 11) is 0.673. The molecule has 1 N–H and O–H groups in total. The van der Waals surface area contributed by atoms with Gasteiger partial charge in [0.2, 0.25) is 0 Å². The minimum absolute atomic E-state index is 0.0517. The summed E-state index contributed by atoms with van der Waals surface area (Å²) in [6.07, 6.45) is 5.58. The van der Waals surface area contributed by atoms with Gasteiger partial charge in [-0.25, -0.2) is 8.42 Å². The summed E-state index contributed by atoms with van der Waals surface area (Å²) >= 11 is 0. The Morgan fingerprint density at radius 2 is 2.27 bits per heavy atom. The van der Waals surface area contributed by atoms with Gasteiger partial charge in [0.1, 0.15) is 9.84 Å². The Morgan fingerprint density at radius 3 is 2.67 bits per heavy atom. The van der Waals surface area contributed by atoms with E-state index in [1.165, 1.54) is 6.26 Å². The van der Waals surface area contributed by atoms with E-state index in [9.17, 15) is 8.42 Å². The first-order valence-electron chi connectivity index (χ1n) is 4.73. The fourth-order valence-corrected chi connectivity index (χ4v) is 2.49. The molecule has 1 heterocycles. The molecule has 0 saturated heterocycles. The summed E-state index contributed by atoms with van der Waals surface area (Å²) < 4.78 is 24.0. The molecule has 0 radical (unpaired) electrons. The van der Waals surface area contributed by atoms with Gasteiger partial charge >= 0.3 is 0 Å². The molecule has 15 heavy (non-hydrogen) atoms. The second kappa shape index (κ2) is 4.76. The molecule has 0 fully saturated rings. The van der Waals surface area contributed by atoms with Crippen molar-refractivity contribution in [2.45, 2.75) is 12.5 Å². The van der Waals surface area contributed by atoms with Gasteiger partial charge in [-0.1, -0.05) is 0 Å². The minimum atomic E-state index is -2.94. The van der Waals surface area contributed by atoms with Crippen LogP contribution in [-0.4, -0.2) is 43.3 Å². The molecule has 5 nitrogen and oxygen atoms in total. The Morgan fingerprint density at radius 1 is 1.60 bits per heavy atom. The topological polar surface area (TPSA) is 64.0 Å². The average Bonchev–Trinajstić information content (AvgIpc) is 2.47. The number of sulfone groups is 1. The van der Waals surface area contributed by atoms with Crippen LogP contribution in [0.3, 0.4) is 0 Å². The summed E-state index contributed by atoms with van der Waals surface area (Å²) in [6.45, 7) is 0. The molecule has 1 rings (SSSR count). The van der Waals surface area contributed by atoms with E-state index in [-0.39, 0.29) is 11.8 Å². The summed E-state index contributed by atoms with van der Waals surface area (Å²) in [5, 5.41) is 7.04. The number of hydrogen-bond acceptors (Lipinski definition) is 4. The average molecular weight is 231 g/mol. The Bertz CT molecular complexity index is 411. The molecule has 0 aliphatic carbocycles. The Hall–Kier alpha value is -0.880. The molecule has 0 aromatic carbocycles. The number of nitrogens with zero attached hydrogens (tertiary/aromatic N) is 2. The van der Waals surface area contributed by atoms with Crippen molar-refractivity contribution in [2.75, 3.05) is 19.1 Å². The Kier molecular flexibility index (Phi) is 3.87. The van der Waals surface area contributed by atoms with Gasteiger partial charge < -0.3 is 5.32 Å². The van der Waals surface area contributed by atoms with E-state index in [2.05, 4.69) is 10.4 Å². The zero-order chi connectivity index (χ0) is 11.5. The molecule has 0 bridgehead atoms. The summed E-state index contributed by atoms with van der Waals surface area (Å²) in [5.41, 5.74) is 1.04. The zero-order valence-electron chi connectivity index (χ0n) is 9.27. The highest BCUT2D eigenvalue weighted by Gasteiger charge is 2.14. The molecule has 86 valence electrons. The Balaban J connectivity index is 2.62. The van der Waals surface area contributed by atoms with Crippen LogP contribution in [0.2, 0.25) is 0 Å². The van der Waals surface area contributed by atoms with E-state index >= 15 is 0 Å². The van der Waals surface area contributed by atoms with E-state index in [4.69, 9.17) is 0 Å². The maximum absolute atomic E-state index is 11.1. The molecule has 1 atom stereocenters. The first kappa shape index (κ1) is 12.2. The molecule has 0 amide bonds.